The number of hydrogen-bond donors (Lipinski definition) is 1. The number of nitrogens with one attached hydrogen (secondary N) is 1. The highest BCUT2D eigenvalue weighted by Gasteiger charge is 2.25. The molecule has 0 radical (unpaired) electrons. The molecule has 0 saturated carbocycles. The van der Waals surface area contributed by atoms with Crippen LogP contribution >= 0.6 is 0 Å². The Morgan fingerprint density at radius 1 is 1.40 bits per heavy atom. The van der Waals surface area contributed by atoms with Crippen LogP contribution in [0.25, 0.3) is 0 Å². The fourth-order valence-electron chi connectivity index (χ4n) is 2.12. The lowest BCUT2D eigenvalue weighted by atomic mass is 10.1. The van der Waals surface area contributed by atoms with Crippen molar-refractivity contribution in [3.05, 3.63) is 5.82 Å². The Bertz CT molecular complexity index is 533. The van der Waals surface area contributed by atoms with Gasteiger partial charge >= 0.3 is 6.01 Å². The molecule has 7 nitrogen and oxygen atoms in total. The second-order valence-electron chi connectivity index (χ2n) is 5.37. The summed E-state index contributed by atoms with van der Waals surface area (Å²) in [4.78, 5) is 6.37. The minimum atomic E-state index is -3.13. The van der Waals surface area contributed by atoms with Crippen molar-refractivity contribution in [2.24, 2.45) is 0 Å². The molecule has 0 bridgehead atoms. The fourth-order valence-corrected chi connectivity index (χ4v) is 3.03. The van der Waals surface area contributed by atoms with E-state index in [2.05, 4.69) is 14.9 Å². The van der Waals surface area contributed by atoms with Crippen molar-refractivity contribution in [1.29, 1.82) is 0 Å². The molecule has 114 valence electrons. The van der Waals surface area contributed by atoms with Gasteiger partial charge in [0.15, 0.2) is 5.82 Å². The topological polar surface area (TPSA) is 88.3 Å². The number of hydrogen-bond acceptors (Lipinski definition) is 6. The minimum Gasteiger partial charge on any atom is -0.324 e. The normalized spacial score (nSPS) is 17.9. The van der Waals surface area contributed by atoms with E-state index in [0.29, 0.717) is 11.8 Å². The van der Waals surface area contributed by atoms with E-state index in [0.717, 1.165) is 25.9 Å². The second-order valence-corrected chi connectivity index (χ2v) is 7.41. The van der Waals surface area contributed by atoms with Crippen molar-refractivity contribution in [1.82, 2.24) is 14.9 Å². The summed E-state index contributed by atoms with van der Waals surface area (Å²) in [6.45, 7) is 7.11. The van der Waals surface area contributed by atoms with Crippen molar-refractivity contribution in [2.45, 2.75) is 45.6 Å². The van der Waals surface area contributed by atoms with Crippen LogP contribution in [0, 0.1) is 0 Å². The smallest absolute Gasteiger partial charge is 0.324 e. The van der Waals surface area contributed by atoms with Crippen molar-refractivity contribution < 1.29 is 12.9 Å². The highest BCUT2D eigenvalue weighted by Crippen LogP contribution is 2.20. The Balaban J connectivity index is 1.90. The maximum Gasteiger partial charge on any atom is 0.324 e. The second kappa shape index (κ2) is 6.09. The average molecular weight is 302 g/mol. The van der Waals surface area contributed by atoms with Crippen molar-refractivity contribution >= 4 is 16.0 Å². The Hall–Kier alpha value is -1.15. The van der Waals surface area contributed by atoms with Gasteiger partial charge in [0.05, 0.1) is 5.75 Å². The summed E-state index contributed by atoms with van der Waals surface area (Å²) in [5, 5.41) is 3.94. The van der Waals surface area contributed by atoms with E-state index < -0.39 is 10.0 Å². The number of rotatable bonds is 5. The molecule has 0 unspecified atom stereocenters. The number of piperidine rings is 1. The first kappa shape index (κ1) is 15.2. The highest BCUT2D eigenvalue weighted by molar-refractivity contribution is 7.89. The molecule has 1 aromatic rings. The number of aromatic nitrogens is 2. The SMILES string of the molecule is CCS(=O)(=O)NC1CCN(c2nc(C(C)C)no2)CC1. The Labute approximate surface area is 119 Å². The molecule has 20 heavy (non-hydrogen) atoms. The van der Waals surface area contributed by atoms with Gasteiger partial charge in [-0.25, -0.2) is 13.1 Å². The Kier molecular flexibility index (Phi) is 4.64. The van der Waals surface area contributed by atoms with E-state index in [4.69, 9.17) is 4.52 Å². The standard InChI is InChI=1S/C12H22N4O3S/c1-4-20(17,18)15-10-5-7-16(8-6-10)12-13-11(9(2)3)14-19-12/h9-10,15H,4-8H2,1-3H3. The van der Waals surface area contributed by atoms with Gasteiger partial charge in [-0.15, -0.1) is 0 Å². The predicted octanol–water partition coefficient (Wildman–Crippen LogP) is 1.10. The Morgan fingerprint density at radius 2 is 2.05 bits per heavy atom. The molecule has 8 heteroatoms. The molecule has 0 spiro atoms. The first-order chi connectivity index (χ1) is 9.41. The maximum absolute atomic E-state index is 11.5. The van der Waals surface area contributed by atoms with Crippen LogP contribution in [0.5, 0.6) is 0 Å². The molecule has 1 fully saturated rings. The summed E-state index contributed by atoms with van der Waals surface area (Å²) < 4.78 is 31.0. The zero-order chi connectivity index (χ0) is 14.8. The summed E-state index contributed by atoms with van der Waals surface area (Å²) in [5.74, 6) is 1.06. The van der Waals surface area contributed by atoms with Crippen molar-refractivity contribution in [3.63, 3.8) is 0 Å². The molecule has 2 heterocycles. The van der Waals surface area contributed by atoms with Gasteiger partial charge in [0.2, 0.25) is 10.0 Å². The first-order valence-electron chi connectivity index (χ1n) is 7.00. The number of sulfonamides is 1. The van der Waals surface area contributed by atoms with Gasteiger partial charge in [0.25, 0.3) is 0 Å². The van der Waals surface area contributed by atoms with Gasteiger partial charge in [-0.1, -0.05) is 19.0 Å². The average Bonchev–Trinajstić information content (AvgIpc) is 2.89. The molecule has 1 saturated heterocycles. The van der Waals surface area contributed by atoms with E-state index in [1.54, 1.807) is 6.92 Å². The lowest BCUT2D eigenvalue weighted by Crippen LogP contribution is -2.45. The molecule has 1 N–H and O–H groups in total. The first-order valence-corrected chi connectivity index (χ1v) is 8.65. The van der Waals surface area contributed by atoms with Crippen LogP contribution in [-0.4, -0.2) is 43.4 Å². The fraction of sp³-hybridized carbons (Fsp3) is 0.833. The molecular formula is C12H22N4O3S. The molecule has 1 aliphatic rings. The van der Waals surface area contributed by atoms with Crippen LogP contribution < -0.4 is 9.62 Å². The Morgan fingerprint density at radius 3 is 2.55 bits per heavy atom. The molecule has 2 rings (SSSR count). The highest BCUT2D eigenvalue weighted by atomic mass is 32.2. The van der Waals surface area contributed by atoms with Crippen LogP contribution in [0.3, 0.4) is 0 Å². The molecule has 0 amide bonds. The van der Waals surface area contributed by atoms with E-state index in [9.17, 15) is 8.42 Å². The third kappa shape index (κ3) is 3.69. The summed E-state index contributed by atoms with van der Waals surface area (Å²) in [6, 6.07) is 0.536. The zero-order valence-electron chi connectivity index (χ0n) is 12.2. The third-order valence-electron chi connectivity index (χ3n) is 3.44. The van der Waals surface area contributed by atoms with Gasteiger partial charge in [0, 0.05) is 25.0 Å². The summed E-state index contributed by atoms with van der Waals surface area (Å²) in [7, 11) is -3.13. The monoisotopic (exact) mass is 302 g/mol. The zero-order valence-corrected chi connectivity index (χ0v) is 13.0. The van der Waals surface area contributed by atoms with Crippen molar-refractivity contribution in [2.75, 3.05) is 23.7 Å². The van der Waals surface area contributed by atoms with E-state index in [-0.39, 0.29) is 17.7 Å². The lowest BCUT2D eigenvalue weighted by molar-refractivity contribution is 0.381. The van der Waals surface area contributed by atoms with Gasteiger partial charge in [0.1, 0.15) is 0 Å². The third-order valence-corrected chi connectivity index (χ3v) is 4.89. The van der Waals surface area contributed by atoms with Crippen LogP contribution in [0.4, 0.5) is 6.01 Å². The van der Waals surface area contributed by atoms with Crippen LogP contribution in [0.15, 0.2) is 4.52 Å². The summed E-state index contributed by atoms with van der Waals surface area (Å²) >= 11 is 0. The number of nitrogens with zero attached hydrogens (tertiary/aromatic N) is 3. The predicted molar refractivity (Wildman–Crippen MR) is 76.2 cm³/mol. The number of anilines is 1. The van der Waals surface area contributed by atoms with Crippen LogP contribution in [-0.2, 0) is 10.0 Å². The molecule has 1 aromatic heterocycles. The largest absolute Gasteiger partial charge is 0.324 e. The molecule has 0 aromatic carbocycles. The minimum absolute atomic E-state index is 0.00342. The van der Waals surface area contributed by atoms with Gasteiger partial charge in [-0.05, 0) is 19.8 Å². The van der Waals surface area contributed by atoms with Gasteiger partial charge in [-0.2, -0.15) is 4.98 Å². The summed E-state index contributed by atoms with van der Waals surface area (Å²) in [5.41, 5.74) is 0. The van der Waals surface area contributed by atoms with Gasteiger partial charge in [-0.3, -0.25) is 0 Å². The van der Waals surface area contributed by atoms with E-state index >= 15 is 0 Å². The van der Waals surface area contributed by atoms with Gasteiger partial charge < -0.3 is 9.42 Å². The maximum atomic E-state index is 11.5. The molecule has 1 aliphatic heterocycles. The molecule has 0 aliphatic carbocycles. The van der Waals surface area contributed by atoms with Crippen molar-refractivity contribution in [3.8, 4) is 0 Å². The summed E-state index contributed by atoms with van der Waals surface area (Å²) in [6.07, 6.45) is 1.50. The molecular weight excluding hydrogens is 280 g/mol. The quantitative estimate of drug-likeness (QED) is 0.876. The molecule has 0 atom stereocenters. The van der Waals surface area contributed by atoms with E-state index in [1.807, 2.05) is 18.7 Å². The van der Waals surface area contributed by atoms with Crippen LogP contribution in [0.1, 0.15) is 45.4 Å². The lowest BCUT2D eigenvalue weighted by Gasteiger charge is -2.30. The van der Waals surface area contributed by atoms with Crippen LogP contribution in [0.2, 0.25) is 0 Å². The van der Waals surface area contributed by atoms with E-state index in [1.165, 1.54) is 0 Å².